The van der Waals surface area contributed by atoms with Crippen LogP contribution in [0, 0.1) is 6.92 Å². The standard InChI is InChI=1S/C24H27N3OS/c1-17-6-7-21-20(14-17)22(28-19-8-10-25-11-9-19)15-24(26-21)27-12-13-29-23-5-3-2-4-18(23)16-27/h2-7,14-15,19,25H,8-13,16H2,1H3. The zero-order valence-electron chi connectivity index (χ0n) is 16.9. The van der Waals surface area contributed by atoms with Gasteiger partial charge in [0.2, 0.25) is 0 Å². The SMILES string of the molecule is Cc1ccc2nc(N3CCSc4ccccc4C3)cc(OC3CCNCC3)c2c1. The molecule has 3 heterocycles. The lowest BCUT2D eigenvalue weighted by molar-refractivity contribution is 0.164. The number of rotatable bonds is 3. The zero-order chi connectivity index (χ0) is 19.6. The van der Waals surface area contributed by atoms with Gasteiger partial charge in [0.25, 0.3) is 0 Å². The average molecular weight is 406 g/mol. The highest BCUT2D eigenvalue weighted by molar-refractivity contribution is 7.99. The lowest BCUT2D eigenvalue weighted by atomic mass is 10.1. The van der Waals surface area contributed by atoms with Crippen molar-refractivity contribution in [3.63, 3.8) is 0 Å². The Labute approximate surface area is 176 Å². The Morgan fingerprint density at radius 1 is 1.10 bits per heavy atom. The van der Waals surface area contributed by atoms with Crippen LogP contribution < -0.4 is 15.0 Å². The molecule has 5 heteroatoms. The second kappa shape index (κ2) is 8.25. The molecule has 0 radical (unpaired) electrons. The quantitative estimate of drug-likeness (QED) is 0.678. The van der Waals surface area contributed by atoms with Gasteiger partial charge in [-0.1, -0.05) is 29.8 Å². The maximum Gasteiger partial charge on any atom is 0.133 e. The number of anilines is 1. The Kier molecular flexibility index (Phi) is 5.34. The predicted octanol–water partition coefficient (Wildman–Crippen LogP) is 4.79. The minimum absolute atomic E-state index is 0.274. The normalized spacial score (nSPS) is 17.8. The Hall–Kier alpha value is -2.24. The predicted molar refractivity (Wildman–Crippen MR) is 121 cm³/mol. The van der Waals surface area contributed by atoms with Gasteiger partial charge in [0.15, 0.2) is 0 Å². The number of benzene rings is 2. The molecule has 0 aliphatic carbocycles. The summed E-state index contributed by atoms with van der Waals surface area (Å²) in [5.41, 5.74) is 3.63. The summed E-state index contributed by atoms with van der Waals surface area (Å²) in [7, 11) is 0. The van der Waals surface area contributed by atoms with E-state index >= 15 is 0 Å². The van der Waals surface area contributed by atoms with Gasteiger partial charge in [-0.3, -0.25) is 0 Å². The minimum atomic E-state index is 0.274. The second-order valence-electron chi connectivity index (χ2n) is 7.94. The zero-order valence-corrected chi connectivity index (χ0v) is 17.7. The van der Waals surface area contributed by atoms with E-state index in [1.54, 1.807) is 0 Å². The Morgan fingerprint density at radius 2 is 1.97 bits per heavy atom. The fraction of sp³-hybridized carbons (Fsp3) is 0.375. The van der Waals surface area contributed by atoms with E-state index in [1.807, 2.05) is 11.8 Å². The third-order valence-electron chi connectivity index (χ3n) is 5.77. The van der Waals surface area contributed by atoms with Gasteiger partial charge in [-0.25, -0.2) is 4.98 Å². The van der Waals surface area contributed by atoms with Crippen LogP contribution in [0.4, 0.5) is 5.82 Å². The number of ether oxygens (including phenoxy) is 1. The highest BCUT2D eigenvalue weighted by Crippen LogP contribution is 2.34. The third-order valence-corrected chi connectivity index (χ3v) is 6.87. The van der Waals surface area contributed by atoms with Crippen molar-refractivity contribution in [2.75, 3.05) is 30.3 Å². The van der Waals surface area contributed by atoms with Gasteiger partial charge >= 0.3 is 0 Å². The van der Waals surface area contributed by atoms with Gasteiger partial charge in [-0.05, 0) is 56.6 Å². The number of thioether (sulfide) groups is 1. The van der Waals surface area contributed by atoms with E-state index in [1.165, 1.54) is 16.0 Å². The number of hydrogen-bond donors (Lipinski definition) is 1. The Morgan fingerprint density at radius 3 is 2.86 bits per heavy atom. The number of nitrogens with zero attached hydrogens (tertiary/aromatic N) is 2. The van der Waals surface area contributed by atoms with Crippen LogP contribution in [0.25, 0.3) is 10.9 Å². The first-order valence-electron chi connectivity index (χ1n) is 10.5. The molecule has 150 valence electrons. The lowest BCUT2D eigenvalue weighted by Crippen LogP contribution is -2.34. The van der Waals surface area contributed by atoms with E-state index in [4.69, 9.17) is 9.72 Å². The molecule has 0 bridgehead atoms. The number of aryl methyl sites for hydroxylation is 1. The van der Waals surface area contributed by atoms with E-state index in [-0.39, 0.29) is 6.10 Å². The molecule has 3 aromatic rings. The van der Waals surface area contributed by atoms with Crippen molar-refractivity contribution >= 4 is 28.5 Å². The van der Waals surface area contributed by atoms with Gasteiger partial charge in [0.1, 0.15) is 17.7 Å². The fourth-order valence-electron chi connectivity index (χ4n) is 4.17. The molecular weight excluding hydrogens is 378 g/mol. The molecule has 0 saturated carbocycles. The number of aromatic nitrogens is 1. The van der Waals surface area contributed by atoms with Crippen molar-refractivity contribution in [1.29, 1.82) is 0 Å². The topological polar surface area (TPSA) is 37.4 Å². The van der Waals surface area contributed by atoms with Crippen molar-refractivity contribution in [1.82, 2.24) is 10.3 Å². The van der Waals surface area contributed by atoms with Crippen molar-refractivity contribution < 1.29 is 4.74 Å². The van der Waals surface area contributed by atoms with Gasteiger partial charge in [-0.15, -0.1) is 11.8 Å². The molecule has 1 saturated heterocycles. The number of piperidine rings is 1. The third kappa shape index (κ3) is 4.07. The Balaban J connectivity index is 1.53. The molecule has 0 amide bonds. The van der Waals surface area contributed by atoms with Crippen LogP contribution in [-0.2, 0) is 6.54 Å². The summed E-state index contributed by atoms with van der Waals surface area (Å²) < 4.78 is 6.54. The van der Waals surface area contributed by atoms with Crippen molar-refractivity contribution in [2.24, 2.45) is 0 Å². The van der Waals surface area contributed by atoms with Crippen molar-refractivity contribution in [3.05, 3.63) is 59.7 Å². The largest absolute Gasteiger partial charge is 0.489 e. The smallest absolute Gasteiger partial charge is 0.133 e. The highest BCUT2D eigenvalue weighted by atomic mass is 32.2. The summed E-state index contributed by atoms with van der Waals surface area (Å²) in [5, 5.41) is 4.55. The number of hydrogen-bond acceptors (Lipinski definition) is 5. The van der Waals surface area contributed by atoms with E-state index in [0.717, 1.165) is 67.2 Å². The molecule has 1 N–H and O–H groups in total. The van der Waals surface area contributed by atoms with Crippen LogP contribution in [0.1, 0.15) is 24.0 Å². The molecule has 4 nitrogen and oxygen atoms in total. The van der Waals surface area contributed by atoms with E-state index in [2.05, 4.69) is 65.7 Å². The number of fused-ring (bicyclic) bond motifs is 2. The van der Waals surface area contributed by atoms with E-state index < -0.39 is 0 Å². The van der Waals surface area contributed by atoms with Gasteiger partial charge in [0, 0.05) is 35.2 Å². The monoisotopic (exact) mass is 405 g/mol. The number of pyridine rings is 1. The minimum Gasteiger partial charge on any atom is -0.489 e. The van der Waals surface area contributed by atoms with Crippen LogP contribution in [0.5, 0.6) is 5.75 Å². The molecule has 2 aliphatic rings. The molecule has 0 spiro atoms. The first-order valence-corrected chi connectivity index (χ1v) is 11.5. The molecular formula is C24H27N3OS. The molecule has 1 fully saturated rings. The maximum absolute atomic E-state index is 6.54. The van der Waals surface area contributed by atoms with Crippen molar-refractivity contribution in [3.8, 4) is 5.75 Å². The molecule has 0 unspecified atom stereocenters. The van der Waals surface area contributed by atoms with Gasteiger partial charge < -0.3 is 15.0 Å². The molecule has 29 heavy (non-hydrogen) atoms. The summed E-state index contributed by atoms with van der Waals surface area (Å²) >= 11 is 1.94. The fourth-order valence-corrected chi connectivity index (χ4v) is 5.19. The Bertz CT molecular complexity index is 1020. The average Bonchev–Trinajstić information content (AvgIpc) is 2.97. The molecule has 0 atom stereocenters. The molecule has 2 aromatic carbocycles. The molecule has 1 aromatic heterocycles. The van der Waals surface area contributed by atoms with Crippen LogP contribution >= 0.6 is 11.8 Å². The van der Waals surface area contributed by atoms with Crippen molar-refractivity contribution in [2.45, 2.75) is 37.3 Å². The van der Waals surface area contributed by atoms with Gasteiger partial charge in [-0.2, -0.15) is 0 Å². The summed E-state index contributed by atoms with van der Waals surface area (Å²) in [6.07, 6.45) is 2.38. The second-order valence-corrected chi connectivity index (χ2v) is 9.08. The van der Waals surface area contributed by atoms with E-state index in [0.29, 0.717) is 0 Å². The van der Waals surface area contributed by atoms with Crippen LogP contribution in [0.15, 0.2) is 53.4 Å². The molecule has 5 rings (SSSR count). The molecule has 2 aliphatic heterocycles. The van der Waals surface area contributed by atoms with E-state index in [9.17, 15) is 0 Å². The summed E-state index contributed by atoms with van der Waals surface area (Å²) in [6.45, 7) is 6.06. The summed E-state index contributed by atoms with van der Waals surface area (Å²) in [5.74, 6) is 3.06. The lowest BCUT2D eigenvalue weighted by Gasteiger charge is -2.27. The maximum atomic E-state index is 6.54. The first-order chi connectivity index (χ1) is 14.3. The number of nitrogens with one attached hydrogen (secondary N) is 1. The summed E-state index contributed by atoms with van der Waals surface area (Å²) in [6, 6.07) is 17.4. The highest BCUT2D eigenvalue weighted by Gasteiger charge is 2.20. The summed E-state index contributed by atoms with van der Waals surface area (Å²) in [4.78, 5) is 8.82. The van der Waals surface area contributed by atoms with Crippen LogP contribution in [0.3, 0.4) is 0 Å². The van der Waals surface area contributed by atoms with Gasteiger partial charge in [0.05, 0.1) is 5.52 Å². The van der Waals surface area contributed by atoms with Crippen LogP contribution in [0.2, 0.25) is 0 Å². The first kappa shape index (κ1) is 18.8. The van der Waals surface area contributed by atoms with Crippen LogP contribution in [-0.4, -0.2) is 36.5 Å².